The van der Waals surface area contributed by atoms with E-state index in [-0.39, 0.29) is 12.2 Å². The van der Waals surface area contributed by atoms with E-state index >= 15 is 0 Å². The molecule has 1 aromatic heterocycles. The molecule has 0 aliphatic carbocycles. The fraction of sp³-hybridized carbons (Fsp3) is 0.533. The van der Waals surface area contributed by atoms with Gasteiger partial charge in [0, 0.05) is 0 Å². The van der Waals surface area contributed by atoms with E-state index in [1.165, 1.54) is 4.90 Å². The van der Waals surface area contributed by atoms with Crippen LogP contribution in [0.4, 0.5) is 0 Å². The lowest BCUT2D eigenvalue weighted by atomic mass is 10.2. The van der Waals surface area contributed by atoms with Gasteiger partial charge in [0.05, 0.1) is 12.8 Å². The van der Waals surface area contributed by atoms with Crippen molar-refractivity contribution in [2.45, 2.75) is 32.7 Å². The molecule has 2 heterocycles. The number of hydrogen-bond donors (Lipinski definition) is 1. The molecule has 23 heavy (non-hydrogen) atoms. The van der Waals surface area contributed by atoms with E-state index in [0.29, 0.717) is 11.4 Å². The highest BCUT2D eigenvalue weighted by Gasteiger charge is 2.26. The molecule has 0 radical (unpaired) electrons. The monoisotopic (exact) mass is 336 g/mol. The summed E-state index contributed by atoms with van der Waals surface area (Å²) < 4.78 is 15.0. The second-order valence-electron chi connectivity index (χ2n) is 5.94. The average molecular weight is 336 g/mol. The third kappa shape index (κ3) is 3.60. The topological polar surface area (TPSA) is 58.5 Å². The third-order valence-electron chi connectivity index (χ3n) is 3.95. The van der Waals surface area contributed by atoms with E-state index in [0.717, 1.165) is 24.5 Å². The van der Waals surface area contributed by atoms with Crippen LogP contribution in [0.3, 0.4) is 0 Å². The van der Waals surface area contributed by atoms with Gasteiger partial charge in [-0.25, -0.2) is 0 Å². The summed E-state index contributed by atoms with van der Waals surface area (Å²) in [6.45, 7) is 6.79. The highest BCUT2D eigenvalue weighted by Crippen LogP contribution is 2.14. The summed E-state index contributed by atoms with van der Waals surface area (Å²) in [6, 6.07) is 7.60. The molecule has 2 aromatic rings. The van der Waals surface area contributed by atoms with Crippen LogP contribution in [0.5, 0.6) is 5.75 Å². The van der Waals surface area contributed by atoms with E-state index in [9.17, 15) is 0 Å². The van der Waals surface area contributed by atoms with Gasteiger partial charge >= 0.3 is 0 Å². The lowest BCUT2D eigenvalue weighted by Gasteiger charge is -2.31. The maximum Gasteiger partial charge on any atom is 0.225 e. The number of methoxy groups -OCH3 is 1. The van der Waals surface area contributed by atoms with Crippen LogP contribution in [0.25, 0.3) is 5.69 Å². The molecule has 3 rings (SSSR count). The summed E-state index contributed by atoms with van der Waals surface area (Å²) in [5.74, 6) is 0.799. The van der Waals surface area contributed by atoms with Crippen molar-refractivity contribution in [2.75, 3.05) is 20.2 Å². The Morgan fingerprint density at radius 2 is 1.87 bits per heavy atom. The summed E-state index contributed by atoms with van der Waals surface area (Å²) in [5, 5.41) is 8.40. The van der Waals surface area contributed by atoms with Gasteiger partial charge in [-0.1, -0.05) is 0 Å². The van der Waals surface area contributed by atoms with Gasteiger partial charge in [-0.3, -0.25) is 0 Å². The summed E-state index contributed by atoms with van der Waals surface area (Å²) >= 11 is 5.52. The van der Waals surface area contributed by atoms with Gasteiger partial charge in [-0.2, -0.15) is 9.36 Å². The Hall–Kier alpha value is -1.77. The minimum absolute atomic E-state index is 0.250. The summed E-state index contributed by atoms with van der Waals surface area (Å²) in [6.07, 6.45) is 0.499. The third-order valence-corrected chi connectivity index (χ3v) is 4.33. The minimum atomic E-state index is 0.250. The predicted molar refractivity (Wildman–Crippen MR) is 87.4 cm³/mol. The second kappa shape index (κ2) is 6.77. The van der Waals surface area contributed by atoms with E-state index in [2.05, 4.69) is 24.3 Å². The second-order valence-corrected chi connectivity index (χ2v) is 6.31. The zero-order valence-corrected chi connectivity index (χ0v) is 14.4. The number of quaternary nitrogens is 1. The molecule has 0 saturated carbocycles. The molecule has 0 unspecified atom stereocenters. The van der Waals surface area contributed by atoms with E-state index in [1.807, 2.05) is 24.3 Å². The van der Waals surface area contributed by atoms with Crippen molar-refractivity contribution >= 4 is 12.2 Å². The van der Waals surface area contributed by atoms with Gasteiger partial charge in [-0.05, 0) is 60.8 Å². The van der Waals surface area contributed by atoms with Gasteiger partial charge in [0.15, 0.2) is 6.67 Å². The first-order chi connectivity index (χ1) is 11.1. The van der Waals surface area contributed by atoms with Gasteiger partial charge in [-0.15, -0.1) is 0 Å². The molecule has 1 N–H and O–H groups in total. The van der Waals surface area contributed by atoms with Gasteiger partial charge < -0.3 is 14.4 Å². The predicted octanol–water partition coefficient (Wildman–Crippen LogP) is 0.456. The number of rotatable bonds is 4. The smallest absolute Gasteiger partial charge is 0.225 e. The molecule has 0 amide bonds. The van der Waals surface area contributed by atoms with E-state index in [4.69, 9.17) is 21.7 Å². The zero-order chi connectivity index (χ0) is 16.4. The fourth-order valence-corrected chi connectivity index (χ4v) is 3.23. The number of tetrazole rings is 1. The number of benzene rings is 1. The quantitative estimate of drug-likeness (QED) is 0.822. The van der Waals surface area contributed by atoms with Crippen molar-refractivity contribution in [1.82, 2.24) is 19.8 Å². The Morgan fingerprint density at radius 1 is 1.22 bits per heavy atom. The first-order valence-electron chi connectivity index (χ1n) is 7.73. The molecule has 0 spiro atoms. The molecule has 1 saturated heterocycles. The van der Waals surface area contributed by atoms with Crippen LogP contribution in [0, 0.1) is 4.77 Å². The van der Waals surface area contributed by atoms with E-state index < -0.39 is 0 Å². The molecule has 1 aliphatic rings. The summed E-state index contributed by atoms with van der Waals surface area (Å²) in [5.41, 5.74) is 0.876. The number of morpholine rings is 1. The van der Waals surface area contributed by atoms with E-state index in [1.54, 1.807) is 16.5 Å². The minimum Gasteiger partial charge on any atom is -0.497 e. The van der Waals surface area contributed by atoms with Crippen LogP contribution in [0.2, 0.25) is 0 Å². The van der Waals surface area contributed by atoms with Crippen LogP contribution in [-0.2, 0) is 11.4 Å². The first kappa shape index (κ1) is 16.1. The number of hydrogen-bond acceptors (Lipinski definition) is 5. The maximum atomic E-state index is 5.77. The molecule has 1 aromatic carbocycles. The van der Waals surface area contributed by atoms with Crippen molar-refractivity contribution in [1.29, 1.82) is 0 Å². The van der Waals surface area contributed by atoms with Crippen LogP contribution in [-0.4, -0.2) is 52.2 Å². The number of nitrogens with one attached hydrogen (secondary N) is 1. The lowest BCUT2D eigenvalue weighted by molar-refractivity contribution is -0.937. The van der Waals surface area contributed by atoms with Crippen LogP contribution < -0.4 is 9.64 Å². The van der Waals surface area contributed by atoms with Crippen molar-refractivity contribution in [3.05, 3.63) is 29.0 Å². The fourth-order valence-electron chi connectivity index (χ4n) is 2.99. The molecule has 0 bridgehead atoms. The Kier molecular flexibility index (Phi) is 4.74. The standard InChI is InChI=1S/C15H21N5O2S/c1-11-8-18(9-12(2)22-11)10-19-15(23)20(17-16-19)13-4-6-14(21-3)7-5-13/h4-7,11-12H,8-10H2,1-3H3/p+1/t11-,12-/m1/s1. The molecule has 1 aliphatic heterocycles. The molecular weight excluding hydrogens is 314 g/mol. The Balaban J connectivity index is 1.77. The Labute approximate surface area is 140 Å². The number of aromatic nitrogens is 4. The van der Waals surface area contributed by atoms with Crippen LogP contribution >= 0.6 is 12.2 Å². The normalized spacial score (nSPS) is 24.6. The molecule has 7 nitrogen and oxygen atoms in total. The Morgan fingerprint density at radius 3 is 2.48 bits per heavy atom. The van der Waals surface area contributed by atoms with Crippen molar-refractivity contribution in [3.63, 3.8) is 0 Å². The number of ether oxygens (including phenoxy) is 2. The highest BCUT2D eigenvalue weighted by atomic mass is 32.1. The molecule has 1 fully saturated rings. The van der Waals surface area contributed by atoms with Crippen LogP contribution in [0.1, 0.15) is 13.8 Å². The molecule has 2 atom stereocenters. The zero-order valence-electron chi connectivity index (χ0n) is 13.6. The maximum absolute atomic E-state index is 5.77. The average Bonchev–Trinajstić information content (AvgIpc) is 2.87. The van der Waals surface area contributed by atoms with Crippen molar-refractivity contribution < 1.29 is 14.4 Å². The van der Waals surface area contributed by atoms with Crippen molar-refractivity contribution in [2.24, 2.45) is 0 Å². The number of nitrogens with zero attached hydrogens (tertiary/aromatic N) is 4. The SMILES string of the molecule is COc1ccc(-n2nnn(C[NH+]3C[C@@H](C)O[C@H](C)C3)c2=S)cc1. The summed E-state index contributed by atoms with van der Waals surface area (Å²) in [7, 11) is 1.64. The van der Waals surface area contributed by atoms with Gasteiger partial charge in [0.1, 0.15) is 31.0 Å². The lowest BCUT2D eigenvalue weighted by Crippen LogP contribution is -3.14. The van der Waals surface area contributed by atoms with Gasteiger partial charge in [0.25, 0.3) is 0 Å². The molecule has 124 valence electrons. The first-order valence-corrected chi connectivity index (χ1v) is 8.14. The van der Waals surface area contributed by atoms with Crippen molar-refractivity contribution in [3.8, 4) is 11.4 Å². The van der Waals surface area contributed by atoms with Gasteiger partial charge in [0.2, 0.25) is 4.77 Å². The highest BCUT2D eigenvalue weighted by molar-refractivity contribution is 7.71. The molecular formula is C15H22N5O2S+. The largest absolute Gasteiger partial charge is 0.497 e. The molecule has 8 heteroatoms. The Bertz CT molecular complexity index is 701. The summed E-state index contributed by atoms with van der Waals surface area (Å²) in [4.78, 5) is 1.40. The van der Waals surface area contributed by atoms with Crippen LogP contribution in [0.15, 0.2) is 24.3 Å².